The molecule has 0 aromatic heterocycles. The molecule has 8 heteroatoms. The van der Waals surface area contributed by atoms with E-state index in [9.17, 15) is 14.0 Å². The normalized spacial score (nSPS) is 10.4. The lowest BCUT2D eigenvalue weighted by Crippen LogP contribution is -2.27. The van der Waals surface area contributed by atoms with E-state index >= 15 is 0 Å². The van der Waals surface area contributed by atoms with Crippen LogP contribution in [0.3, 0.4) is 0 Å². The highest BCUT2D eigenvalue weighted by molar-refractivity contribution is 9.10. The van der Waals surface area contributed by atoms with Crippen LogP contribution in [0, 0.1) is 5.82 Å². The molecule has 0 fully saturated rings. The number of methoxy groups -OCH3 is 1. The van der Waals surface area contributed by atoms with Gasteiger partial charge in [-0.3, -0.25) is 9.59 Å². The number of hydrogen-bond acceptors (Lipinski definition) is 4. The maximum Gasteiger partial charge on any atom is 0.305 e. The minimum Gasteiger partial charge on any atom is -0.488 e. The van der Waals surface area contributed by atoms with E-state index in [4.69, 9.17) is 16.3 Å². The molecule has 0 heterocycles. The molecule has 2 aromatic rings. The van der Waals surface area contributed by atoms with Gasteiger partial charge in [-0.05, 0) is 52.7 Å². The van der Waals surface area contributed by atoms with Crippen molar-refractivity contribution in [2.24, 2.45) is 0 Å². The molecule has 0 saturated carbocycles. The van der Waals surface area contributed by atoms with E-state index < -0.39 is 5.82 Å². The first kappa shape index (κ1) is 21.2. The number of nitrogens with zero attached hydrogens (tertiary/aromatic N) is 1. The van der Waals surface area contributed by atoms with Gasteiger partial charge in [-0.25, -0.2) is 4.39 Å². The van der Waals surface area contributed by atoms with Crippen LogP contribution < -0.4 is 9.64 Å². The number of hydrogen-bond donors (Lipinski definition) is 0. The van der Waals surface area contributed by atoms with Gasteiger partial charge in [0.15, 0.2) is 11.6 Å². The van der Waals surface area contributed by atoms with Gasteiger partial charge >= 0.3 is 5.97 Å². The van der Waals surface area contributed by atoms with E-state index in [0.29, 0.717) is 21.5 Å². The van der Waals surface area contributed by atoms with Crippen molar-refractivity contribution in [3.63, 3.8) is 0 Å². The molecule has 0 spiro atoms. The highest BCUT2D eigenvalue weighted by Crippen LogP contribution is 2.32. The molecule has 0 atom stereocenters. The first-order valence-electron chi connectivity index (χ1n) is 8.06. The second kappa shape index (κ2) is 9.71. The predicted molar refractivity (Wildman–Crippen MR) is 105 cm³/mol. The smallest absolute Gasteiger partial charge is 0.305 e. The topological polar surface area (TPSA) is 55.8 Å². The summed E-state index contributed by atoms with van der Waals surface area (Å²) in [6.45, 7) is 0.109. The van der Waals surface area contributed by atoms with Crippen molar-refractivity contribution in [3.05, 3.63) is 57.3 Å². The van der Waals surface area contributed by atoms with Crippen molar-refractivity contribution >= 4 is 45.1 Å². The van der Waals surface area contributed by atoms with E-state index in [1.165, 1.54) is 31.2 Å². The number of anilines is 1. The second-order valence-corrected chi connectivity index (χ2v) is 6.87. The summed E-state index contributed by atoms with van der Waals surface area (Å²) in [5, 5.41) is 0.481. The van der Waals surface area contributed by atoms with Crippen LogP contribution in [0.1, 0.15) is 23.2 Å². The molecule has 0 radical (unpaired) electrons. The van der Waals surface area contributed by atoms with Crippen molar-refractivity contribution in [1.29, 1.82) is 0 Å². The molecular weight excluding hydrogens is 441 g/mol. The number of benzene rings is 2. The van der Waals surface area contributed by atoms with Gasteiger partial charge in [0.1, 0.15) is 0 Å². The summed E-state index contributed by atoms with van der Waals surface area (Å²) in [6, 6.07) is 9.10. The maximum atomic E-state index is 14.3. The average Bonchev–Trinajstić information content (AvgIpc) is 2.66. The third kappa shape index (κ3) is 5.43. The van der Waals surface area contributed by atoms with Gasteiger partial charge < -0.3 is 14.4 Å². The molecule has 0 bridgehead atoms. The highest BCUT2D eigenvalue weighted by Gasteiger charge is 2.20. The van der Waals surface area contributed by atoms with E-state index in [0.717, 1.165) is 0 Å². The summed E-state index contributed by atoms with van der Waals surface area (Å²) < 4.78 is 24.9. The van der Waals surface area contributed by atoms with E-state index in [2.05, 4.69) is 20.7 Å². The van der Waals surface area contributed by atoms with E-state index in [1.807, 2.05) is 0 Å². The first-order chi connectivity index (χ1) is 12.8. The summed E-state index contributed by atoms with van der Waals surface area (Å²) in [5.41, 5.74) is 0.666. The third-order valence-corrected chi connectivity index (χ3v) is 4.99. The van der Waals surface area contributed by atoms with Gasteiger partial charge in [0.25, 0.3) is 5.91 Å². The molecule has 5 nitrogen and oxygen atoms in total. The number of ether oxygens (including phenoxy) is 2. The fourth-order valence-corrected chi connectivity index (χ4v) is 2.83. The molecule has 27 heavy (non-hydrogen) atoms. The Morgan fingerprint density at radius 1 is 1.26 bits per heavy atom. The van der Waals surface area contributed by atoms with Crippen molar-refractivity contribution in [2.45, 2.75) is 12.8 Å². The Bertz CT molecular complexity index is 846. The molecule has 0 aliphatic heterocycles. The van der Waals surface area contributed by atoms with Crippen LogP contribution in [0.2, 0.25) is 5.02 Å². The number of amides is 1. The van der Waals surface area contributed by atoms with Crippen molar-refractivity contribution in [3.8, 4) is 5.75 Å². The molecule has 0 N–H and O–H groups in total. The Balaban J connectivity index is 2.18. The highest BCUT2D eigenvalue weighted by atomic mass is 79.9. The van der Waals surface area contributed by atoms with Crippen LogP contribution in [-0.2, 0) is 9.53 Å². The molecule has 144 valence electrons. The Morgan fingerprint density at radius 2 is 2.00 bits per heavy atom. The van der Waals surface area contributed by atoms with Crippen molar-refractivity contribution < 1.29 is 23.5 Å². The summed E-state index contributed by atoms with van der Waals surface area (Å²) in [4.78, 5) is 25.2. The summed E-state index contributed by atoms with van der Waals surface area (Å²) in [5.74, 6) is -1.36. The number of esters is 1. The Kier molecular flexibility index (Phi) is 7.62. The quantitative estimate of drug-likeness (QED) is 0.440. The molecule has 0 saturated heterocycles. The van der Waals surface area contributed by atoms with Gasteiger partial charge in [0.2, 0.25) is 0 Å². The van der Waals surface area contributed by atoms with E-state index in [-0.39, 0.29) is 36.3 Å². The number of para-hydroxylation sites is 1. The van der Waals surface area contributed by atoms with Crippen LogP contribution >= 0.6 is 27.5 Å². The number of carbonyl (C=O) groups is 2. The number of rotatable bonds is 7. The Labute approximate surface area is 170 Å². The van der Waals surface area contributed by atoms with Crippen LogP contribution in [0.25, 0.3) is 0 Å². The lowest BCUT2D eigenvalue weighted by atomic mass is 10.2. The van der Waals surface area contributed by atoms with Gasteiger partial charge in [-0.15, -0.1) is 0 Å². The summed E-state index contributed by atoms with van der Waals surface area (Å²) in [7, 11) is 2.83. The zero-order valence-electron chi connectivity index (χ0n) is 14.8. The Morgan fingerprint density at radius 3 is 2.67 bits per heavy atom. The van der Waals surface area contributed by atoms with E-state index in [1.54, 1.807) is 24.3 Å². The van der Waals surface area contributed by atoms with Crippen LogP contribution in [0.4, 0.5) is 10.1 Å². The standard InChI is InChI=1S/C19H18BrClFNO4/c1-23(19(25)12-8-9-14(21)13(20)11-12)16-6-3-5-15(22)18(16)27-10-4-7-17(24)26-2/h3,5-6,8-9,11H,4,7,10H2,1-2H3. The van der Waals surface area contributed by atoms with Crippen LogP contribution in [-0.4, -0.2) is 32.6 Å². The van der Waals surface area contributed by atoms with Gasteiger partial charge in [0.05, 0.1) is 24.4 Å². The Hall–Kier alpha value is -2.12. The lowest BCUT2D eigenvalue weighted by Gasteiger charge is -2.21. The minimum atomic E-state index is -0.595. The fraction of sp³-hybridized carbons (Fsp3) is 0.263. The molecule has 2 aromatic carbocycles. The third-order valence-electron chi connectivity index (χ3n) is 3.78. The van der Waals surface area contributed by atoms with Crippen molar-refractivity contribution in [1.82, 2.24) is 0 Å². The summed E-state index contributed by atoms with van der Waals surface area (Å²) in [6.07, 6.45) is 0.524. The predicted octanol–water partition coefficient (Wildman–Crippen LogP) is 4.85. The van der Waals surface area contributed by atoms with Crippen molar-refractivity contribution in [2.75, 3.05) is 25.7 Å². The number of halogens is 3. The molecule has 0 unspecified atom stereocenters. The second-order valence-electron chi connectivity index (χ2n) is 5.61. The minimum absolute atomic E-state index is 0.0498. The molecular formula is C19H18BrClFNO4. The lowest BCUT2D eigenvalue weighted by molar-refractivity contribution is -0.140. The number of carbonyl (C=O) groups excluding carboxylic acids is 2. The monoisotopic (exact) mass is 457 g/mol. The van der Waals surface area contributed by atoms with Gasteiger partial charge in [-0.1, -0.05) is 17.7 Å². The average molecular weight is 459 g/mol. The largest absolute Gasteiger partial charge is 0.488 e. The van der Waals surface area contributed by atoms with Crippen LogP contribution in [0.5, 0.6) is 5.75 Å². The summed E-state index contributed by atoms with van der Waals surface area (Å²) >= 11 is 9.24. The fourth-order valence-electron chi connectivity index (χ4n) is 2.33. The molecule has 1 amide bonds. The zero-order chi connectivity index (χ0) is 20.0. The van der Waals surface area contributed by atoms with Crippen LogP contribution in [0.15, 0.2) is 40.9 Å². The maximum absolute atomic E-state index is 14.3. The van der Waals surface area contributed by atoms with Gasteiger partial charge in [-0.2, -0.15) is 0 Å². The SMILES string of the molecule is COC(=O)CCCOc1c(F)cccc1N(C)C(=O)c1ccc(Cl)c(Br)c1. The van der Waals surface area contributed by atoms with Gasteiger partial charge in [0, 0.05) is 23.5 Å². The molecule has 0 aliphatic carbocycles. The first-order valence-corrected chi connectivity index (χ1v) is 9.23. The molecule has 0 aliphatic rings. The zero-order valence-corrected chi connectivity index (χ0v) is 17.1. The molecule has 2 rings (SSSR count).